The van der Waals surface area contributed by atoms with Crippen molar-refractivity contribution in [2.45, 2.75) is 23.8 Å². The Hall–Kier alpha value is -1.56. The Morgan fingerprint density at radius 1 is 1.10 bits per heavy atom. The maximum atomic E-state index is 11.4. The van der Waals surface area contributed by atoms with Gasteiger partial charge >= 0.3 is 0 Å². The van der Waals surface area contributed by atoms with Crippen LogP contribution in [-0.2, 0) is 22.9 Å². The highest BCUT2D eigenvalue weighted by Gasteiger charge is 2.22. The molecular formula is C15H15ClN2O2S. The number of nitrogens with one attached hydrogen (secondary N) is 1. The summed E-state index contributed by atoms with van der Waals surface area (Å²) >= 11 is 6.14. The minimum Gasteiger partial charge on any atom is -0.380 e. The Balaban J connectivity index is 1.84. The third kappa shape index (κ3) is 3.05. The van der Waals surface area contributed by atoms with Gasteiger partial charge < -0.3 is 5.32 Å². The Morgan fingerprint density at radius 3 is 2.29 bits per heavy atom. The first-order valence-electron chi connectivity index (χ1n) is 6.59. The largest absolute Gasteiger partial charge is 0.380 e. The first kappa shape index (κ1) is 14.4. The fourth-order valence-electron chi connectivity index (χ4n) is 2.67. The molecule has 3 N–H and O–H groups in total. The molecule has 0 heterocycles. The topological polar surface area (TPSA) is 72.2 Å². The van der Waals surface area contributed by atoms with E-state index in [1.807, 2.05) is 12.1 Å². The van der Waals surface area contributed by atoms with E-state index in [2.05, 4.69) is 17.4 Å². The summed E-state index contributed by atoms with van der Waals surface area (Å²) in [5.41, 5.74) is 3.23. The van der Waals surface area contributed by atoms with Crippen LogP contribution in [0.5, 0.6) is 0 Å². The molecule has 0 aromatic heterocycles. The SMILES string of the molecule is NS(=O)(=O)c1ccc(Cl)c(NC2Cc3ccccc3C2)c1. The summed E-state index contributed by atoms with van der Waals surface area (Å²) in [5, 5.41) is 8.96. The molecule has 0 saturated carbocycles. The highest BCUT2D eigenvalue weighted by Crippen LogP contribution is 2.29. The van der Waals surface area contributed by atoms with Gasteiger partial charge in [-0.15, -0.1) is 0 Å². The second-order valence-corrected chi connectivity index (χ2v) is 7.17. The van der Waals surface area contributed by atoms with Crippen LogP contribution in [-0.4, -0.2) is 14.5 Å². The number of nitrogens with two attached hydrogens (primary N) is 1. The molecule has 0 saturated heterocycles. The first-order chi connectivity index (χ1) is 9.93. The lowest BCUT2D eigenvalue weighted by atomic mass is 10.1. The number of benzene rings is 2. The molecule has 0 aliphatic heterocycles. The van der Waals surface area contributed by atoms with Crippen molar-refractivity contribution in [1.29, 1.82) is 0 Å². The number of rotatable bonds is 3. The minimum absolute atomic E-state index is 0.0601. The van der Waals surface area contributed by atoms with Crippen molar-refractivity contribution in [1.82, 2.24) is 0 Å². The zero-order valence-corrected chi connectivity index (χ0v) is 12.8. The molecule has 2 aromatic carbocycles. The van der Waals surface area contributed by atoms with E-state index in [1.165, 1.54) is 23.3 Å². The van der Waals surface area contributed by atoms with Crippen LogP contribution in [0.3, 0.4) is 0 Å². The first-order valence-corrected chi connectivity index (χ1v) is 8.51. The van der Waals surface area contributed by atoms with Gasteiger partial charge in [0.05, 0.1) is 15.6 Å². The van der Waals surface area contributed by atoms with Crippen LogP contribution >= 0.6 is 11.6 Å². The predicted octanol–water partition coefficient (Wildman–Crippen LogP) is 2.57. The van der Waals surface area contributed by atoms with E-state index in [0.29, 0.717) is 10.7 Å². The summed E-state index contributed by atoms with van der Waals surface area (Å²) in [5.74, 6) is 0. The summed E-state index contributed by atoms with van der Waals surface area (Å²) in [6.07, 6.45) is 1.79. The number of primary sulfonamides is 1. The van der Waals surface area contributed by atoms with E-state index in [-0.39, 0.29) is 10.9 Å². The molecule has 0 radical (unpaired) electrons. The number of hydrogen-bond acceptors (Lipinski definition) is 3. The lowest BCUT2D eigenvalue weighted by Crippen LogP contribution is -2.20. The third-order valence-corrected chi connectivity index (χ3v) is 4.92. The van der Waals surface area contributed by atoms with Crippen molar-refractivity contribution < 1.29 is 8.42 Å². The number of hydrogen-bond donors (Lipinski definition) is 2. The van der Waals surface area contributed by atoms with Crippen LogP contribution in [0.2, 0.25) is 5.02 Å². The second kappa shape index (κ2) is 5.33. The summed E-state index contributed by atoms with van der Waals surface area (Å²) in [6, 6.07) is 12.9. The van der Waals surface area contributed by atoms with Gasteiger partial charge in [0.1, 0.15) is 0 Å². The van der Waals surface area contributed by atoms with Crippen molar-refractivity contribution in [3.8, 4) is 0 Å². The van der Waals surface area contributed by atoms with E-state index in [0.717, 1.165) is 12.8 Å². The molecule has 110 valence electrons. The van der Waals surface area contributed by atoms with Crippen LogP contribution in [0.25, 0.3) is 0 Å². The number of fused-ring (bicyclic) bond motifs is 1. The maximum absolute atomic E-state index is 11.4. The van der Waals surface area contributed by atoms with E-state index >= 15 is 0 Å². The molecule has 0 bridgehead atoms. The molecule has 4 nitrogen and oxygen atoms in total. The fourth-order valence-corrected chi connectivity index (χ4v) is 3.38. The van der Waals surface area contributed by atoms with Gasteiger partial charge in [-0.25, -0.2) is 13.6 Å². The summed E-state index contributed by atoms with van der Waals surface area (Å²) in [4.78, 5) is 0.0601. The quantitative estimate of drug-likeness (QED) is 0.912. The van der Waals surface area contributed by atoms with Gasteiger partial charge in [-0.1, -0.05) is 35.9 Å². The zero-order chi connectivity index (χ0) is 15.0. The lowest BCUT2D eigenvalue weighted by Gasteiger charge is -2.15. The van der Waals surface area contributed by atoms with E-state index in [4.69, 9.17) is 16.7 Å². The molecule has 2 aromatic rings. The van der Waals surface area contributed by atoms with E-state index < -0.39 is 10.0 Å². The van der Waals surface area contributed by atoms with Gasteiger partial charge in [0.2, 0.25) is 10.0 Å². The van der Waals surface area contributed by atoms with Crippen molar-refractivity contribution in [2.24, 2.45) is 5.14 Å². The van der Waals surface area contributed by atoms with E-state index in [1.54, 1.807) is 6.07 Å². The highest BCUT2D eigenvalue weighted by molar-refractivity contribution is 7.89. The Kier molecular flexibility index (Phi) is 3.65. The van der Waals surface area contributed by atoms with Gasteiger partial charge in [0, 0.05) is 6.04 Å². The number of anilines is 1. The molecule has 3 rings (SSSR count). The molecule has 1 aliphatic rings. The number of sulfonamides is 1. The number of halogens is 1. The molecule has 0 atom stereocenters. The lowest BCUT2D eigenvalue weighted by molar-refractivity contribution is 0.598. The minimum atomic E-state index is -3.73. The maximum Gasteiger partial charge on any atom is 0.238 e. The van der Waals surface area contributed by atoms with Gasteiger partial charge in [0.15, 0.2) is 0 Å². The molecule has 0 spiro atoms. The Morgan fingerprint density at radius 2 is 1.71 bits per heavy atom. The summed E-state index contributed by atoms with van der Waals surface area (Å²) < 4.78 is 22.8. The molecular weight excluding hydrogens is 308 g/mol. The van der Waals surface area contributed by atoms with Gasteiger partial charge in [-0.3, -0.25) is 0 Å². The van der Waals surface area contributed by atoms with Crippen LogP contribution in [0, 0.1) is 0 Å². The average molecular weight is 323 g/mol. The molecule has 0 unspecified atom stereocenters. The van der Waals surface area contributed by atoms with Crippen LogP contribution < -0.4 is 10.5 Å². The molecule has 1 aliphatic carbocycles. The Bertz CT molecular complexity index is 765. The Labute approximate surface area is 129 Å². The van der Waals surface area contributed by atoms with Crippen LogP contribution in [0.15, 0.2) is 47.4 Å². The van der Waals surface area contributed by atoms with Crippen molar-refractivity contribution >= 4 is 27.3 Å². The summed E-state index contributed by atoms with van der Waals surface area (Å²) in [7, 11) is -3.73. The standard InChI is InChI=1S/C15H15ClN2O2S/c16-14-6-5-13(21(17,19)20)9-15(14)18-12-7-10-3-1-2-4-11(10)8-12/h1-6,9,12,18H,7-8H2,(H2,17,19,20). The van der Waals surface area contributed by atoms with Crippen LogP contribution in [0.1, 0.15) is 11.1 Å². The van der Waals surface area contributed by atoms with Crippen molar-refractivity contribution in [3.63, 3.8) is 0 Å². The highest BCUT2D eigenvalue weighted by atomic mass is 35.5. The predicted molar refractivity (Wildman–Crippen MR) is 84.1 cm³/mol. The molecule has 0 amide bonds. The van der Waals surface area contributed by atoms with Crippen molar-refractivity contribution in [3.05, 3.63) is 58.6 Å². The molecule has 21 heavy (non-hydrogen) atoms. The summed E-state index contributed by atoms with van der Waals surface area (Å²) in [6.45, 7) is 0. The zero-order valence-electron chi connectivity index (χ0n) is 11.2. The average Bonchev–Trinajstić information content (AvgIpc) is 2.82. The second-order valence-electron chi connectivity index (χ2n) is 5.20. The van der Waals surface area contributed by atoms with Gasteiger partial charge in [0.25, 0.3) is 0 Å². The fraction of sp³-hybridized carbons (Fsp3) is 0.200. The monoisotopic (exact) mass is 322 g/mol. The normalized spacial score (nSPS) is 15.0. The van der Waals surface area contributed by atoms with Gasteiger partial charge in [-0.05, 0) is 42.2 Å². The molecule has 6 heteroatoms. The van der Waals surface area contributed by atoms with E-state index in [9.17, 15) is 8.42 Å². The van der Waals surface area contributed by atoms with Crippen LogP contribution in [0.4, 0.5) is 5.69 Å². The van der Waals surface area contributed by atoms with Crippen molar-refractivity contribution in [2.75, 3.05) is 5.32 Å². The molecule has 0 fully saturated rings. The smallest absolute Gasteiger partial charge is 0.238 e. The third-order valence-electron chi connectivity index (χ3n) is 3.68. The van der Waals surface area contributed by atoms with Gasteiger partial charge in [-0.2, -0.15) is 0 Å².